The second-order valence-corrected chi connectivity index (χ2v) is 14.1. The van der Waals surface area contributed by atoms with Crippen LogP contribution in [0.4, 0.5) is 5.69 Å². The van der Waals surface area contributed by atoms with Gasteiger partial charge in [-0.3, -0.25) is 14.4 Å². The zero-order valence-electron chi connectivity index (χ0n) is 24.3. The molecule has 3 unspecified atom stereocenters. The summed E-state index contributed by atoms with van der Waals surface area (Å²) in [6, 6.07) is 22.2. The molecular formula is C34H39N3O4S. The Bertz CT molecular complexity index is 1500. The normalized spacial score (nSPS) is 28.7. The molecule has 3 fully saturated rings. The van der Waals surface area contributed by atoms with E-state index in [-0.39, 0.29) is 41.4 Å². The molecule has 3 aliphatic rings. The number of aliphatic hydroxyl groups excluding tert-OH is 1. The van der Waals surface area contributed by atoms with Crippen molar-refractivity contribution in [1.82, 2.24) is 10.2 Å². The van der Waals surface area contributed by atoms with Crippen molar-refractivity contribution in [2.24, 2.45) is 23.7 Å². The van der Waals surface area contributed by atoms with Crippen molar-refractivity contribution in [3.8, 4) is 0 Å². The molecule has 3 N–H and O–H groups in total. The molecule has 0 radical (unpaired) electrons. The maximum atomic E-state index is 14.5. The van der Waals surface area contributed by atoms with Crippen LogP contribution in [0.25, 0.3) is 10.8 Å². The van der Waals surface area contributed by atoms with Crippen LogP contribution < -0.4 is 10.6 Å². The molecule has 220 valence electrons. The highest BCUT2D eigenvalue weighted by Crippen LogP contribution is 2.69. The number of nitrogens with zero attached hydrogens (tertiary/aromatic N) is 1. The molecule has 1 spiro atoms. The van der Waals surface area contributed by atoms with Crippen molar-refractivity contribution >= 4 is 45.9 Å². The van der Waals surface area contributed by atoms with Crippen molar-refractivity contribution in [3.05, 3.63) is 78.4 Å². The van der Waals surface area contributed by atoms with Crippen LogP contribution in [0.3, 0.4) is 0 Å². The monoisotopic (exact) mass is 585 g/mol. The van der Waals surface area contributed by atoms with Gasteiger partial charge in [-0.05, 0) is 53.1 Å². The molecule has 0 aromatic heterocycles. The predicted octanol–water partition coefficient (Wildman–Crippen LogP) is 4.84. The van der Waals surface area contributed by atoms with E-state index in [0.717, 1.165) is 22.8 Å². The molecule has 3 aromatic carbocycles. The summed E-state index contributed by atoms with van der Waals surface area (Å²) >= 11 is 1.65. The van der Waals surface area contributed by atoms with E-state index < -0.39 is 28.7 Å². The third-order valence-corrected chi connectivity index (χ3v) is 11.5. The van der Waals surface area contributed by atoms with E-state index in [1.807, 2.05) is 72.8 Å². The van der Waals surface area contributed by atoms with Gasteiger partial charge in [0.05, 0.1) is 29.2 Å². The number of amides is 3. The summed E-state index contributed by atoms with van der Waals surface area (Å²) in [5.41, 5.74) is 1.66. The SMILES string of the molecule is CC(C)C[C@H](CO)N1C(=O)[C@@H]2[C@H](C(=O)NCc3ccccc3)[C@@H]3CC(C)C2(S3)C1C(=O)Nc1ccc2ccccc2c1. The minimum Gasteiger partial charge on any atom is -0.394 e. The van der Waals surface area contributed by atoms with Gasteiger partial charge in [0.15, 0.2) is 0 Å². The Morgan fingerprint density at radius 3 is 2.45 bits per heavy atom. The first-order chi connectivity index (χ1) is 20.2. The molecule has 0 saturated carbocycles. The Morgan fingerprint density at radius 2 is 1.74 bits per heavy atom. The standard InChI is InChI=1S/C34H39N3O4S/c1-20(2)15-26(19-38)37-30(32(40)36-25-14-13-23-11-7-8-12-24(23)17-25)34-21(3)16-27(42-34)28(29(34)33(37)41)31(39)35-18-22-9-5-4-6-10-22/h4-14,17,20-21,26-30,38H,15-16,18-19H2,1-3H3,(H,35,39)(H,36,40)/t21?,26-,27+,28-,29+,30?,34?/m1/s1. The first-order valence-corrected chi connectivity index (χ1v) is 15.8. The van der Waals surface area contributed by atoms with Crippen molar-refractivity contribution in [2.45, 2.75) is 62.2 Å². The summed E-state index contributed by atoms with van der Waals surface area (Å²) in [4.78, 5) is 44.3. The summed E-state index contributed by atoms with van der Waals surface area (Å²) in [7, 11) is 0. The lowest BCUT2D eigenvalue weighted by Crippen LogP contribution is -2.57. The summed E-state index contributed by atoms with van der Waals surface area (Å²) in [6.45, 7) is 6.37. The van der Waals surface area contributed by atoms with Crippen LogP contribution in [0.5, 0.6) is 0 Å². The number of aliphatic hydroxyl groups is 1. The number of rotatable bonds is 9. The first kappa shape index (κ1) is 28.7. The van der Waals surface area contributed by atoms with Crippen molar-refractivity contribution in [3.63, 3.8) is 0 Å². The Morgan fingerprint density at radius 1 is 1.02 bits per heavy atom. The van der Waals surface area contributed by atoms with E-state index in [9.17, 15) is 19.5 Å². The first-order valence-electron chi connectivity index (χ1n) is 15.0. The van der Waals surface area contributed by atoms with Crippen LogP contribution in [0.1, 0.15) is 39.2 Å². The van der Waals surface area contributed by atoms with E-state index in [1.54, 1.807) is 16.7 Å². The average Bonchev–Trinajstić information content (AvgIpc) is 3.58. The minimum absolute atomic E-state index is 0.0412. The molecule has 6 rings (SSSR count). The molecule has 3 heterocycles. The van der Waals surface area contributed by atoms with Gasteiger partial charge in [-0.2, -0.15) is 0 Å². The van der Waals surface area contributed by atoms with E-state index in [2.05, 4.69) is 31.4 Å². The zero-order chi connectivity index (χ0) is 29.6. The Kier molecular flexibility index (Phi) is 7.79. The third kappa shape index (κ3) is 4.78. The van der Waals surface area contributed by atoms with Crippen molar-refractivity contribution in [2.75, 3.05) is 11.9 Å². The average molecular weight is 586 g/mol. The number of hydrogen-bond acceptors (Lipinski definition) is 5. The molecule has 3 amide bonds. The molecule has 7 atom stereocenters. The van der Waals surface area contributed by atoms with Crippen molar-refractivity contribution in [1.29, 1.82) is 0 Å². The Balaban J connectivity index is 1.35. The van der Waals surface area contributed by atoms with E-state index in [1.165, 1.54) is 0 Å². The van der Waals surface area contributed by atoms with Crippen LogP contribution >= 0.6 is 11.8 Å². The van der Waals surface area contributed by atoms with Crippen molar-refractivity contribution < 1.29 is 19.5 Å². The topological polar surface area (TPSA) is 98.7 Å². The molecule has 3 aromatic rings. The van der Waals surface area contributed by atoms with E-state index >= 15 is 0 Å². The second kappa shape index (κ2) is 11.4. The summed E-state index contributed by atoms with van der Waals surface area (Å²) in [6.07, 6.45) is 1.33. The number of carbonyl (C=O) groups excluding carboxylic acids is 3. The smallest absolute Gasteiger partial charge is 0.248 e. The lowest BCUT2D eigenvalue weighted by atomic mass is 9.66. The number of benzene rings is 3. The van der Waals surface area contributed by atoms with Gasteiger partial charge in [0.1, 0.15) is 6.04 Å². The molecule has 8 heteroatoms. The van der Waals surface area contributed by atoms with Crippen LogP contribution in [0.15, 0.2) is 72.8 Å². The fraction of sp³-hybridized carbons (Fsp3) is 0.441. The van der Waals surface area contributed by atoms with Crippen LogP contribution in [0, 0.1) is 23.7 Å². The molecule has 7 nitrogen and oxygen atoms in total. The Hall–Kier alpha value is -3.36. The van der Waals surface area contributed by atoms with E-state index in [4.69, 9.17) is 0 Å². The highest BCUT2D eigenvalue weighted by molar-refractivity contribution is 8.02. The van der Waals surface area contributed by atoms with Gasteiger partial charge in [0.2, 0.25) is 17.7 Å². The molecular weight excluding hydrogens is 546 g/mol. The summed E-state index contributed by atoms with van der Waals surface area (Å²) in [5, 5.41) is 18.8. The van der Waals surface area contributed by atoms with Gasteiger partial charge in [0, 0.05) is 17.5 Å². The van der Waals surface area contributed by atoms with Crippen LogP contribution in [-0.2, 0) is 20.9 Å². The highest BCUT2D eigenvalue weighted by Gasteiger charge is 2.76. The van der Waals surface area contributed by atoms with Crippen LogP contribution in [-0.4, -0.2) is 56.4 Å². The van der Waals surface area contributed by atoms with E-state index in [0.29, 0.717) is 18.7 Å². The number of likely N-dealkylation sites (tertiary alicyclic amines) is 1. The fourth-order valence-corrected chi connectivity index (χ4v) is 10.1. The predicted molar refractivity (Wildman–Crippen MR) is 167 cm³/mol. The molecule has 3 saturated heterocycles. The lowest BCUT2D eigenvalue weighted by molar-refractivity contribution is -0.142. The number of nitrogens with one attached hydrogen (secondary N) is 2. The number of fused-ring (bicyclic) bond motifs is 2. The molecule has 0 aliphatic carbocycles. The largest absolute Gasteiger partial charge is 0.394 e. The molecule has 2 bridgehead atoms. The van der Waals surface area contributed by atoms with Crippen LogP contribution in [0.2, 0.25) is 0 Å². The molecule has 3 aliphatic heterocycles. The van der Waals surface area contributed by atoms with Gasteiger partial charge in [0.25, 0.3) is 0 Å². The Labute approximate surface area is 251 Å². The molecule has 42 heavy (non-hydrogen) atoms. The number of hydrogen-bond donors (Lipinski definition) is 3. The summed E-state index contributed by atoms with van der Waals surface area (Å²) in [5.74, 6) is -1.46. The number of thioether (sulfide) groups is 1. The zero-order valence-corrected chi connectivity index (χ0v) is 25.1. The third-order valence-electron chi connectivity index (χ3n) is 9.41. The summed E-state index contributed by atoms with van der Waals surface area (Å²) < 4.78 is -0.748. The lowest BCUT2D eigenvalue weighted by Gasteiger charge is -2.40. The maximum absolute atomic E-state index is 14.5. The number of anilines is 1. The number of carbonyl (C=O) groups is 3. The van der Waals surface area contributed by atoms with Gasteiger partial charge in [-0.1, -0.05) is 81.4 Å². The van der Waals surface area contributed by atoms with Gasteiger partial charge in [-0.15, -0.1) is 11.8 Å². The quantitative estimate of drug-likeness (QED) is 0.334. The second-order valence-electron chi connectivity index (χ2n) is 12.5. The maximum Gasteiger partial charge on any atom is 0.248 e. The van der Waals surface area contributed by atoms with Gasteiger partial charge in [-0.25, -0.2) is 0 Å². The minimum atomic E-state index is -0.797. The fourth-order valence-electron chi connectivity index (χ4n) is 7.65. The van der Waals surface area contributed by atoms with Gasteiger partial charge >= 0.3 is 0 Å². The highest BCUT2D eigenvalue weighted by atomic mass is 32.2. The van der Waals surface area contributed by atoms with Gasteiger partial charge < -0.3 is 20.6 Å².